The molecule has 0 bridgehead atoms. The monoisotopic (exact) mass is 197 g/mol. The second kappa shape index (κ2) is 3.61. The summed E-state index contributed by atoms with van der Waals surface area (Å²) < 4.78 is 5.05. The van der Waals surface area contributed by atoms with E-state index in [1.807, 2.05) is 6.92 Å². The Morgan fingerprint density at radius 3 is 3.21 bits per heavy atom. The number of aliphatic hydroxyl groups excluding tert-OH is 1. The number of aliphatic hydroxyl groups is 1. The molecule has 1 saturated heterocycles. The van der Waals surface area contributed by atoms with Gasteiger partial charge in [-0.25, -0.2) is 0 Å². The molecule has 4 heteroatoms. The fourth-order valence-electron chi connectivity index (χ4n) is 2.28. The van der Waals surface area contributed by atoms with Gasteiger partial charge in [0.15, 0.2) is 6.29 Å². The topological polar surface area (TPSA) is 58.6 Å². The SMILES string of the molecule is CC[C@H]1C(O)OC=C2C(=O)NCC[C@H]21. The lowest BCUT2D eigenvalue weighted by Crippen LogP contribution is -2.44. The molecule has 0 spiro atoms. The van der Waals surface area contributed by atoms with Crippen LogP contribution in [0.2, 0.25) is 0 Å². The minimum atomic E-state index is -0.750. The van der Waals surface area contributed by atoms with E-state index in [2.05, 4.69) is 5.32 Å². The van der Waals surface area contributed by atoms with E-state index in [1.54, 1.807) is 0 Å². The van der Waals surface area contributed by atoms with Crippen LogP contribution in [0.1, 0.15) is 19.8 Å². The Kier molecular flexibility index (Phi) is 2.46. The molecular weight excluding hydrogens is 182 g/mol. The van der Waals surface area contributed by atoms with Crippen LogP contribution in [-0.4, -0.2) is 23.8 Å². The number of hydrogen-bond donors (Lipinski definition) is 2. The largest absolute Gasteiger partial charge is 0.472 e. The average Bonchev–Trinajstić information content (AvgIpc) is 2.18. The van der Waals surface area contributed by atoms with Crippen LogP contribution in [0.3, 0.4) is 0 Å². The third kappa shape index (κ3) is 1.39. The van der Waals surface area contributed by atoms with Gasteiger partial charge in [-0.2, -0.15) is 0 Å². The molecule has 0 aromatic rings. The maximum atomic E-state index is 11.5. The van der Waals surface area contributed by atoms with E-state index in [-0.39, 0.29) is 17.7 Å². The zero-order valence-electron chi connectivity index (χ0n) is 8.19. The van der Waals surface area contributed by atoms with Crippen molar-refractivity contribution in [1.82, 2.24) is 5.32 Å². The normalized spacial score (nSPS) is 36.6. The van der Waals surface area contributed by atoms with Crippen molar-refractivity contribution in [3.05, 3.63) is 11.8 Å². The fourth-order valence-corrected chi connectivity index (χ4v) is 2.28. The maximum Gasteiger partial charge on any atom is 0.250 e. The summed E-state index contributed by atoms with van der Waals surface area (Å²) in [6.07, 6.45) is 2.39. The summed E-state index contributed by atoms with van der Waals surface area (Å²) in [6, 6.07) is 0. The summed E-state index contributed by atoms with van der Waals surface area (Å²) >= 11 is 0. The van der Waals surface area contributed by atoms with Crippen LogP contribution >= 0.6 is 0 Å². The average molecular weight is 197 g/mol. The Labute approximate surface area is 82.9 Å². The number of nitrogens with one attached hydrogen (secondary N) is 1. The van der Waals surface area contributed by atoms with Gasteiger partial charge >= 0.3 is 0 Å². The molecule has 14 heavy (non-hydrogen) atoms. The molecule has 0 radical (unpaired) electrons. The van der Waals surface area contributed by atoms with Crippen molar-refractivity contribution in [3.63, 3.8) is 0 Å². The molecule has 1 fully saturated rings. The molecule has 0 aliphatic carbocycles. The smallest absolute Gasteiger partial charge is 0.250 e. The molecular formula is C10H15NO3. The number of amides is 1. The molecule has 2 rings (SSSR count). The molecule has 0 aromatic heterocycles. The van der Waals surface area contributed by atoms with Gasteiger partial charge in [-0.15, -0.1) is 0 Å². The van der Waals surface area contributed by atoms with E-state index in [9.17, 15) is 9.90 Å². The van der Waals surface area contributed by atoms with Crippen LogP contribution < -0.4 is 5.32 Å². The number of fused-ring (bicyclic) bond motifs is 1. The van der Waals surface area contributed by atoms with Gasteiger partial charge < -0.3 is 15.2 Å². The van der Waals surface area contributed by atoms with Gasteiger partial charge in [0, 0.05) is 18.4 Å². The minimum Gasteiger partial charge on any atom is -0.472 e. The third-order valence-corrected chi connectivity index (χ3v) is 3.09. The van der Waals surface area contributed by atoms with Crippen molar-refractivity contribution in [2.75, 3.05) is 6.54 Å². The van der Waals surface area contributed by atoms with Crippen LogP contribution in [-0.2, 0) is 9.53 Å². The van der Waals surface area contributed by atoms with Crippen LogP contribution in [0, 0.1) is 11.8 Å². The number of piperidine rings is 1. The maximum absolute atomic E-state index is 11.5. The summed E-state index contributed by atoms with van der Waals surface area (Å²) in [5.74, 6) is 0.171. The van der Waals surface area contributed by atoms with Crippen molar-refractivity contribution < 1.29 is 14.6 Å². The molecule has 4 nitrogen and oxygen atoms in total. The Hall–Kier alpha value is -1.03. The summed E-state index contributed by atoms with van der Waals surface area (Å²) in [5, 5.41) is 12.4. The highest BCUT2D eigenvalue weighted by atomic mass is 16.6. The quantitative estimate of drug-likeness (QED) is 0.639. The summed E-state index contributed by atoms with van der Waals surface area (Å²) in [5.41, 5.74) is 0.688. The first kappa shape index (κ1) is 9.52. The van der Waals surface area contributed by atoms with Crippen molar-refractivity contribution in [3.8, 4) is 0 Å². The number of carbonyl (C=O) groups is 1. The van der Waals surface area contributed by atoms with E-state index in [4.69, 9.17) is 4.74 Å². The Morgan fingerprint density at radius 2 is 2.50 bits per heavy atom. The predicted octanol–water partition coefficient (Wildman–Crippen LogP) is 0.381. The lowest BCUT2D eigenvalue weighted by Gasteiger charge is -2.37. The van der Waals surface area contributed by atoms with Crippen LogP contribution in [0.5, 0.6) is 0 Å². The van der Waals surface area contributed by atoms with Gasteiger partial charge in [-0.05, 0) is 12.8 Å². The van der Waals surface area contributed by atoms with Crippen molar-refractivity contribution in [2.24, 2.45) is 11.8 Å². The fraction of sp³-hybridized carbons (Fsp3) is 0.700. The van der Waals surface area contributed by atoms with E-state index in [1.165, 1.54) is 6.26 Å². The summed E-state index contributed by atoms with van der Waals surface area (Å²) in [7, 11) is 0. The van der Waals surface area contributed by atoms with Gasteiger partial charge in [0.05, 0.1) is 11.8 Å². The third-order valence-electron chi connectivity index (χ3n) is 3.09. The first-order chi connectivity index (χ1) is 6.74. The van der Waals surface area contributed by atoms with Gasteiger partial charge in [0.1, 0.15) is 0 Å². The van der Waals surface area contributed by atoms with Crippen molar-refractivity contribution >= 4 is 5.91 Å². The standard InChI is InChI=1S/C10H15NO3/c1-2-6-7-3-4-11-9(12)8(7)5-14-10(6)13/h5-7,10,13H,2-4H2,1H3,(H,11,12)/t6-,7+,10?/m1/s1. The molecule has 2 heterocycles. The van der Waals surface area contributed by atoms with Gasteiger partial charge in [-0.3, -0.25) is 4.79 Å². The predicted molar refractivity (Wildman–Crippen MR) is 50.1 cm³/mol. The zero-order chi connectivity index (χ0) is 10.1. The summed E-state index contributed by atoms with van der Waals surface area (Å²) in [6.45, 7) is 2.71. The van der Waals surface area contributed by atoms with Crippen molar-refractivity contribution in [2.45, 2.75) is 26.1 Å². The second-order valence-electron chi connectivity index (χ2n) is 3.82. The molecule has 2 aliphatic heterocycles. The lowest BCUT2D eigenvalue weighted by atomic mass is 9.78. The van der Waals surface area contributed by atoms with E-state index in [0.29, 0.717) is 12.1 Å². The van der Waals surface area contributed by atoms with Crippen LogP contribution in [0.15, 0.2) is 11.8 Å². The van der Waals surface area contributed by atoms with Gasteiger partial charge in [0.2, 0.25) is 0 Å². The first-order valence-corrected chi connectivity index (χ1v) is 5.05. The molecule has 2 N–H and O–H groups in total. The van der Waals surface area contributed by atoms with Gasteiger partial charge in [0.25, 0.3) is 5.91 Å². The Balaban J connectivity index is 2.25. The van der Waals surface area contributed by atoms with Crippen LogP contribution in [0.25, 0.3) is 0 Å². The number of hydrogen-bond acceptors (Lipinski definition) is 3. The van der Waals surface area contributed by atoms with E-state index in [0.717, 1.165) is 12.8 Å². The summed E-state index contributed by atoms with van der Waals surface area (Å²) in [4.78, 5) is 11.5. The van der Waals surface area contributed by atoms with Gasteiger partial charge in [-0.1, -0.05) is 6.92 Å². The minimum absolute atomic E-state index is 0.0494. The molecule has 78 valence electrons. The van der Waals surface area contributed by atoms with E-state index >= 15 is 0 Å². The molecule has 3 atom stereocenters. The van der Waals surface area contributed by atoms with Crippen LogP contribution in [0.4, 0.5) is 0 Å². The zero-order valence-corrected chi connectivity index (χ0v) is 8.19. The molecule has 1 amide bonds. The number of rotatable bonds is 1. The second-order valence-corrected chi connectivity index (χ2v) is 3.82. The molecule has 0 saturated carbocycles. The van der Waals surface area contributed by atoms with Crippen molar-refractivity contribution in [1.29, 1.82) is 0 Å². The highest BCUT2D eigenvalue weighted by molar-refractivity contribution is 5.94. The van der Waals surface area contributed by atoms with E-state index < -0.39 is 6.29 Å². The Bertz CT molecular complexity index is 275. The molecule has 2 aliphatic rings. The highest BCUT2D eigenvalue weighted by Gasteiger charge is 2.38. The number of ether oxygens (including phenoxy) is 1. The lowest BCUT2D eigenvalue weighted by molar-refractivity contribution is -0.134. The Morgan fingerprint density at radius 1 is 1.71 bits per heavy atom. The first-order valence-electron chi connectivity index (χ1n) is 5.05. The molecule has 0 aromatic carbocycles. The molecule has 1 unspecified atom stereocenters. The highest BCUT2D eigenvalue weighted by Crippen LogP contribution is 2.35. The number of carbonyl (C=O) groups excluding carboxylic acids is 1.